The van der Waals surface area contributed by atoms with Crippen LogP contribution in [0.2, 0.25) is 0 Å². The Morgan fingerprint density at radius 1 is 1.35 bits per heavy atom. The Balaban J connectivity index is 1.75. The molecule has 1 aliphatic rings. The normalized spacial score (nSPS) is 16.1. The molecule has 0 saturated heterocycles. The van der Waals surface area contributed by atoms with Crippen LogP contribution in [-0.4, -0.2) is 21.1 Å². The number of rotatable bonds is 6. The van der Waals surface area contributed by atoms with Gasteiger partial charge in [0.05, 0.1) is 24.5 Å². The summed E-state index contributed by atoms with van der Waals surface area (Å²) in [6.45, 7) is 3.95. The molecule has 0 bridgehead atoms. The summed E-state index contributed by atoms with van der Waals surface area (Å²) in [5.74, 6) is 1.95. The van der Waals surface area contributed by atoms with Gasteiger partial charge in [0.15, 0.2) is 0 Å². The molecule has 2 aromatic rings. The maximum atomic E-state index is 5.58. The summed E-state index contributed by atoms with van der Waals surface area (Å²) in [5, 5.41) is 6.58. The predicted octanol–water partition coefficient (Wildman–Crippen LogP) is 3.28. The number of aromatic nitrogens is 3. The molecule has 0 aliphatic heterocycles. The number of ether oxygens (including phenoxy) is 1. The zero-order valence-corrected chi connectivity index (χ0v) is 12.4. The van der Waals surface area contributed by atoms with Crippen LogP contribution in [-0.2, 0) is 0 Å². The van der Waals surface area contributed by atoms with Crippen LogP contribution in [0.5, 0.6) is 5.88 Å². The predicted molar refractivity (Wildman–Crippen MR) is 79.0 cm³/mol. The molecule has 1 atom stereocenters. The van der Waals surface area contributed by atoms with Crippen molar-refractivity contribution in [3.05, 3.63) is 29.0 Å². The lowest BCUT2D eigenvalue weighted by Gasteiger charge is -2.17. The van der Waals surface area contributed by atoms with Gasteiger partial charge >= 0.3 is 0 Å². The van der Waals surface area contributed by atoms with E-state index < -0.39 is 0 Å². The van der Waals surface area contributed by atoms with Crippen LogP contribution in [0.3, 0.4) is 0 Å². The summed E-state index contributed by atoms with van der Waals surface area (Å²) in [6, 6.07) is 0.235. The molecule has 20 heavy (non-hydrogen) atoms. The molecular weight excluding hydrogens is 272 g/mol. The summed E-state index contributed by atoms with van der Waals surface area (Å²) in [7, 11) is 0. The standard InChI is InChI=1S/C14H18N4OS/c1-9(2)19-12-8-15-7-11(17-12)18-13(10-3-4-10)14-16-5-6-20-14/h5-10,13H,3-4H2,1-2H3,(H,17,18). The molecule has 0 spiro atoms. The molecular formula is C14H18N4OS. The largest absolute Gasteiger partial charge is 0.474 e. The van der Waals surface area contributed by atoms with Gasteiger partial charge in [0.2, 0.25) is 5.88 Å². The molecule has 5 nitrogen and oxygen atoms in total. The number of hydrogen-bond acceptors (Lipinski definition) is 6. The van der Waals surface area contributed by atoms with Gasteiger partial charge in [-0.25, -0.2) is 4.98 Å². The zero-order chi connectivity index (χ0) is 13.9. The molecule has 0 radical (unpaired) electrons. The zero-order valence-electron chi connectivity index (χ0n) is 11.6. The lowest BCUT2D eigenvalue weighted by atomic mass is 10.2. The van der Waals surface area contributed by atoms with Gasteiger partial charge < -0.3 is 10.1 Å². The number of anilines is 1. The first-order valence-electron chi connectivity index (χ1n) is 6.87. The summed E-state index contributed by atoms with van der Waals surface area (Å²) in [6.07, 6.45) is 7.80. The minimum atomic E-state index is 0.0951. The molecule has 0 aromatic carbocycles. The second-order valence-corrected chi connectivity index (χ2v) is 6.17. The monoisotopic (exact) mass is 290 g/mol. The summed E-state index contributed by atoms with van der Waals surface area (Å²) >= 11 is 1.68. The van der Waals surface area contributed by atoms with Crippen molar-refractivity contribution in [1.29, 1.82) is 0 Å². The molecule has 2 heterocycles. The topological polar surface area (TPSA) is 59.9 Å². The second-order valence-electron chi connectivity index (χ2n) is 5.24. The van der Waals surface area contributed by atoms with Crippen LogP contribution >= 0.6 is 11.3 Å². The Morgan fingerprint density at radius 3 is 2.85 bits per heavy atom. The van der Waals surface area contributed by atoms with E-state index >= 15 is 0 Å². The van der Waals surface area contributed by atoms with Gasteiger partial charge in [0.1, 0.15) is 10.8 Å². The van der Waals surface area contributed by atoms with Gasteiger partial charge in [-0.3, -0.25) is 4.98 Å². The van der Waals surface area contributed by atoms with Crippen LogP contribution in [0.25, 0.3) is 0 Å². The third-order valence-corrected chi connectivity index (χ3v) is 3.94. The van der Waals surface area contributed by atoms with Gasteiger partial charge in [-0.15, -0.1) is 11.3 Å². The lowest BCUT2D eigenvalue weighted by Crippen LogP contribution is -2.14. The third-order valence-electron chi connectivity index (χ3n) is 3.08. The highest BCUT2D eigenvalue weighted by molar-refractivity contribution is 7.09. The maximum absolute atomic E-state index is 5.58. The van der Waals surface area contributed by atoms with Crippen molar-refractivity contribution in [2.45, 2.75) is 38.8 Å². The van der Waals surface area contributed by atoms with E-state index in [1.807, 2.05) is 25.4 Å². The van der Waals surface area contributed by atoms with E-state index in [0.717, 1.165) is 10.8 Å². The maximum Gasteiger partial charge on any atom is 0.234 e. The highest BCUT2D eigenvalue weighted by atomic mass is 32.1. The van der Waals surface area contributed by atoms with Crippen LogP contribution in [0.4, 0.5) is 5.82 Å². The van der Waals surface area contributed by atoms with Crippen LogP contribution in [0.15, 0.2) is 24.0 Å². The van der Waals surface area contributed by atoms with E-state index in [4.69, 9.17) is 4.74 Å². The second kappa shape index (κ2) is 5.75. The Hall–Kier alpha value is -1.69. The molecule has 1 unspecified atom stereocenters. The quantitative estimate of drug-likeness (QED) is 0.884. The molecule has 1 saturated carbocycles. The minimum Gasteiger partial charge on any atom is -0.474 e. The molecule has 1 aliphatic carbocycles. The van der Waals surface area contributed by atoms with E-state index in [9.17, 15) is 0 Å². The fourth-order valence-electron chi connectivity index (χ4n) is 2.07. The SMILES string of the molecule is CC(C)Oc1cncc(NC(c2nccs2)C2CC2)n1. The lowest BCUT2D eigenvalue weighted by molar-refractivity contribution is 0.232. The third kappa shape index (κ3) is 3.25. The van der Waals surface area contributed by atoms with Crippen LogP contribution in [0, 0.1) is 5.92 Å². The smallest absolute Gasteiger partial charge is 0.234 e. The summed E-state index contributed by atoms with van der Waals surface area (Å²) < 4.78 is 5.58. The fourth-order valence-corrected chi connectivity index (χ4v) is 2.85. The number of hydrogen-bond donors (Lipinski definition) is 1. The van der Waals surface area contributed by atoms with E-state index in [0.29, 0.717) is 11.8 Å². The van der Waals surface area contributed by atoms with E-state index in [1.54, 1.807) is 23.7 Å². The van der Waals surface area contributed by atoms with Crippen molar-refractivity contribution < 1.29 is 4.74 Å². The van der Waals surface area contributed by atoms with Crippen molar-refractivity contribution in [1.82, 2.24) is 15.0 Å². The first-order chi connectivity index (χ1) is 9.72. The molecule has 0 amide bonds. The Morgan fingerprint density at radius 2 is 2.20 bits per heavy atom. The molecule has 6 heteroatoms. The van der Waals surface area contributed by atoms with E-state index in [-0.39, 0.29) is 12.1 Å². The number of nitrogens with one attached hydrogen (secondary N) is 1. The van der Waals surface area contributed by atoms with Crippen LogP contribution in [0.1, 0.15) is 37.7 Å². The van der Waals surface area contributed by atoms with E-state index in [1.165, 1.54) is 12.8 Å². The van der Waals surface area contributed by atoms with Gasteiger partial charge in [-0.1, -0.05) is 0 Å². The molecule has 2 aromatic heterocycles. The average molecular weight is 290 g/mol. The molecule has 1 N–H and O–H groups in total. The van der Waals surface area contributed by atoms with Crippen molar-refractivity contribution in [3.8, 4) is 5.88 Å². The van der Waals surface area contributed by atoms with Crippen molar-refractivity contribution in [3.63, 3.8) is 0 Å². The minimum absolute atomic E-state index is 0.0951. The van der Waals surface area contributed by atoms with Crippen molar-refractivity contribution >= 4 is 17.2 Å². The van der Waals surface area contributed by atoms with Gasteiger partial charge in [0, 0.05) is 11.6 Å². The highest BCUT2D eigenvalue weighted by Gasteiger charge is 2.34. The Bertz CT molecular complexity index is 554. The average Bonchev–Trinajstić information content (AvgIpc) is 3.10. The van der Waals surface area contributed by atoms with Crippen LogP contribution < -0.4 is 10.1 Å². The fraction of sp³-hybridized carbons (Fsp3) is 0.500. The Labute approximate surface area is 122 Å². The molecule has 106 valence electrons. The first-order valence-corrected chi connectivity index (χ1v) is 7.75. The Kier molecular flexibility index (Phi) is 3.82. The van der Waals surface area contributed by atoms with Gasteiger partial charge in [-0.05, 0) is 32.6 Å². The van der Waals surface area contributed by atoms with Gasteiger partial charge in [0.25, 0.3) is 0 Å². The first kappa shape index (κ1) is 13.3. The van der Waals surface area contributed by atoms with Crippen molar-refractivity contribution in [2.24, 2.45) is 5.92 Å². The summed E-state index contributed by atoms with van der Waals surface area (Å²) in [4.78, 5) is 13.1. The van der Waals surface area contributed by atoms with Crippen molar-refractivity contribution in [2.75, 3.05) is 5.32 Å². The number of thiazole rings is 1. The molecule has 3 rings (SSSR count). The highest BCUT2D eigenvalue weighted by Crippen LogP contribution is 2.43. The number of nitrogens with zero attached hydrogens (tertiary/aromatic N) is 3. The van der Waals surface area contributed by atoms with Gasteiger partial charge in [-0.2, -0.15) is 4.98 Å². The van der Waals surface area contributed by atoms with E-state index in [2.05, 4.69) is 20.3 Å². The summed E-state index contributed by atoms with van der Waals surface area (Å²) in [5.41, 5.74) is 0. The molecule has 1 fully saturated rings.